The van der Waals surface area contributed by atoms with E-state index in [2.05, 4.69) is 16.5 Å². The first-order chi connectivity index (χ1) is 15.4. The minimum absolute atomic E-state index is 0.183. The molecule has 1 amide bonds. The molecule has 164 valence electrons. The molecule has 0 saturated carbocycles. The lowest BCUT2D eigenvalue weighted by atomic mass is 10.1. The monoisotopic (exact) mass is 485 g/mol. The van der Waals surface area contributed by atoms with E-state index in [9.17, 15) is 4.79 Å². The number of benzene rings is 2. The molecule has 32 heavy (non-hydrogen) atoms. The molecule has 0 fully saturated rings. The molecule has 0 atom stereocenters. The van der Waals surface area contributed by atoms with Gasteiger partial charge in [0.1, 0.15) is 12.4 Å². The van der Waals surface area contributed by atoms with E-state index in [-0.39, 0.29) is 5.91 Å². The molecule has 0 spiro atoms. The van der Waals surface area contributed by atoms with E-state index in [0.717, 1.165) is 28.0 Å². The minimum Gasteiger partial charge on any atom is -0.489 e. The summed E-state index contributed by atoms with van der Waals surface area (Å²) >= 11 is 13.6. The molecule has 8 heteroatoms. The molecule has 1 N–H and O–H groups in total. The summed E-state index contributed by atoms with van der Waals surface area (Å²) in [5, 5.41) is 10.3. The predicted octanol–water partition coefficient (Wildman–Crippen LogP) is 6.75. The van der Waals surface area contributed by atoms with Crippen LogP contribution in [0, 0.1) is 13.8 Å². The Morgan fingerprint density at radius 3 is 2.81 bits per heavy atom. The topological polar surface area (TPSA) is 56.1 Å². The number of aromatic nitrogens is 2. The molecule has 0 aliphatic heterocycles. The Labute approximate surface area is 200 Å². The number of halogens is 2. The van der Waals surface area contributed by atoms with Gasteiger partial charge in [-0.1, -0.05) is 41.4 Å². The molecule has 0 aliphatic carbocycles. The lowest BCUT2D eigenvalue weighted by Gasteiger charge is -2.08. The second-order valence-corrected chi connectivity index (χ2v) is 9.25. The summed E-state index contributed by atoms with van der Waals surface area (Å²) in [6.07, 6.45) is 3.38. The number of rotatable bonds is 7. The van der Waals surface area contributed by atoms with Crippen molar-refractivity contribution in [1.29, 1.82) is 0 Å². The van der Waals surface area contributed by atoms with Crippen LogP contribution in [0.5, 0.6) is 5.75 Å². The number of carbonyl (C=O) groups excluding carboxylic acids is 1. The molecule has 5 nitrogen and oxygen atoms in total. The second-order valence-electron chi connectivity index (χ2n) is 7.49. The first-order valence-electron chi connectivity index (χ1n) is 9.92. The lowest BCUT2D eigenvalue weighted by molar-refractivity contribution is 0.103. The molecule has 4 rings (SSSR count). The van der Waals surface area contributed by atoms with Crippen LogP contribution in [-0.2, 0) is 13.2 Å². The van der Waals surface area contributed by atoms with Gasteiger partial charge in [0, 0.05) is 21.8 Å². The average Bonchev–Trinajstić information content (AvgIpc) is 3.40. The third-order valence-electron chi connectivity index (χ3n) is 4.85. The average molecular weight is 486 g/mol. The summed E-state index contributed by atoms with van der Waals surface area (Å²) in [5.74, 6) is 0.674. The molecule has 0 bridgehead atoms. The van der Waals surface area contributed by atoms with Crippen molar-refractivity contribution in [2.45, 2.75) is 27.0 Å². The molecule has 4 aromatic rings. The number of nitrogens with one attached hydrogen (secondary N) is 1. The third kappa shape index (κ3) is 5.51. The van der Waals surface area contributed by atoms with Crippen molar-refractivity contribution in [3.05, 3.63) is 97.4 Å². The fourth-order valence-electron chi connectivity index (χ4n) is 3.13. The Hall–Kier alpha value is -2.80. The Balaban J connectivity index is 1.35. The van der Waals surface area contributed by atoms with Gasteiger partial charge in [-0.2, -0.15) is 5.10 Å². The predicted molar refractivity (Wildman–Crippen MR) is 130 cm³/mol. The van der Waals surface area contributed by atoms with Gasteiger partial charge in [-0.15, -0.1) is 11.3 Å². The summed E-state index contributed by atoms with van der Waals surface area (Å²) in [6.45, 7) is 4.94. The van der Waals surface area contributed by atoms with Crippen LogP contribution in [-0.4, -0.2) is 15.7 Å². The number of aryl methyl sites for hydroxylation is 2. The van der Waals surface area contributed by atoms with Crippen LogP contribution in [0.2, 0.25) is 10.0 Å². The number of amides is 1. The van der Waals surface area contributed by atoms with E-state index < -0.39 is 0 Å². The van der Waals surface area contributed by atoms with Crippen molar-refractivity contribution in [1.82, 2.24) is 9.78 Å². The zero-order valence-corrected chi connectivity index (χ0v) is 19.9. The van der Waals surface area contributed by atoms with Crippen LogP contribution >= 0.6 is 34.5 Å². The van der Waals surface area contributed by atoms with Crippen LogP contribution in [0.4, 0.5) is 5.69 Å². The van der Waals surface area contributed by atoms with Crippen molar-refractivity contribution in [2.24, 2.45) is 0 Å². The van der Waals surface area contributed by atoms with Gasteiger partial charge in [-0.05, 0) is 60.2 Å². The zero-order valence-electron chi connectivity index (χ0n) is 17.6. The maximum atomic E-state index is 12.6. The van der Waals surface area contributed by atoms with Crippen LogP contribution in [0.3, 0.4) is 0 Å². The number of hydrogen-bond acceptors (Lipinski definition) is 4. The van der Waals surface area contributed by atoms with E-state index in [4.69, 9.17) is 27.9 Å². The lowest BCUT2D eigenvalue weighted by Crippen LogP contribution is -2.09. The zero-order chi connectivity index (χ0) is 22.7. The summed E-state index contributed by atoms with van der Waals surface area (Å²) in [6, 6.07) is 13.3. The Kier molecular flexibility index (Phi) is 6.84. The van der Waals surface area contributed by atoms with Gasteiger partial charge in [-0.25, -0.2) is 0 Å². The maximum Gasteiger partial charge on any atom is 0.265 e. The molecule has 2 heterocycles. The minimum atomic E-state index is -0.183. The van der Waals surface area contributed by atoms with Gasteiger partial charge in [0.15, 0.2) is 0 Å². The van der Waals surface area contributed by atoms with E-state index in [1.165, 1.54) is 11.3 Å². The number of thiophene rings is 1. The molecular weight excluding hydrogens is 465 g/mol. The largest absolute Gasteiger partial charge is 0.489 e. The number of hydrogen-bond donors (Lipinski definition) is 1. The quantitative estimate of drug-likeness (QED) is 0.315. The summed E-state index contributed by atoms with van der Waals surface area (Å²) in [5.41, 5.74) is 4.69. The van der Waals surface area contributed by atoms with Crippen molar-refractivity contribution in [2.75, 3.05) is 5.32 Å². The van der Waals surface area contributed by atoms with E-state index >= 15 is 0 Å². The highest BCUT2D eigenvalue weighted by molar-refractivity contribution is 7.12. The van der Waals surface area contributed by atoms with Crippen LogP contribution in [0.15, 0.2) is 60.2 Å². The first kappa shape index (κ1) is 22.4. The first-order valence-corrected chi connectivity index (χ1v) is 11.6. The van der Waals surface area contributed by atoms with Gasteiger partial charge in [0.25, 0.3) is 5.91 Å². The van der Waals surface area contributed by atoms with Gasteiger partial charge in [0.2, 0.25) is 0 Å². The van der Waals surface area contributed by atoms with Crippen molar-refractivity contribution in [3.63, 3.8) is 0 Å². The molecule has 0 unspecified atom stereocenters. The standard InChI is InChI=1S/C24H21Cl2N3O2S/c1-15-3-4-16(2)22(7-15)31-13-17-8-23(32-14-17)24(30)28-20-10-27-29(12-20)11-18-5-6-19(25)9-21(18)26/h3-10,12,14H,11,13H2,1-2H3,(H,28,30). The molecule has 2 aromatic heterocycles. The van der Waals surface area contributed by atoms with E-state index in [1.54, 1.807) is 29.2 Å². The number of anilines is 1. The SMILES string of the molecule is Cc1ccc(C)c(OCc2csc(C(=O)Nc3cnn(Cc4ccc(Cl)cc4Cl)c3)c2)c1. The Morgan fingerprint density at radius 2 is 2.00 bits per heavy atom. The van der Waals surface area contributed by atoms with Gasteiger partial charge in [-0.3, -0.25) is 9.48 Å². The van der Waals surface area contributed by atoms with E-state index in [0.29, 0.717) is 33.8 Å². The van der Waals surface area contributed by atoms with E-state index in [1.807, 2.05) is 43.5 Å². The van der Waals surface area contributed by atoms with Gasteiger partial charge >= 0.3 is 0 Å². The highest BCUT2D eigenvalue weighted by Crippen LogP contribution is 2.24. The summed E-state index contributed by atoms with van der Waals surface area (Å²) in [4.78, 5) is 13.3. The van der Waals surface area contributed by atoms with Gasteiger partial charge < -0.3 is 10.1 Å². The van der Waals surface area contributed by atoms with Crippen molar-refractivity contribution < 1.29 is 9.53 Å². The summed E-state index contributed by atoms with van der Waals surface area (Å²) in [7, 11) is 0. The van der Waals surface area contributed by atoms with Crippen molar-refractivity contribution >= 4 is 46.1 Å². The van der Waals surface area contributed by atoms with Crippen LogP contribution in [0.25, 0.3) is 0 Å². The van der Waals surface area contributed by atoms with Crippen LogP contribution in [0.1, 0.15) is 31.9 Å². The second kappa shape index (κ2) is 9.77. The molecule has 0 saturated heterocycles. The number of nitrogens with zero attached hydrogens (tertiary/aromatic N) is 2. The number of carbonyl (C=O) groups is 1. The van der Waals surface area contributed by atoms with Gasteiger partial charge in [0.05, 0.1) is 23.3 Å². The highest BCUT2D eigenvalue weighted by atomic mass is 35.5. The fraction of sp³-hybridized carbons (Fsp3) is 0.167. The Bertz CT molecular complexity index is 1270. The maximum absolute atomic E-state index is 12.6. The third-order valence-corrected chi connectivity index (χ3v) is 6.42. The fourth-order valence-corrected chi connectivity index (χ4v) is 4.39. The molecule has 0 aliphatic rings. The molecular formula is C24H21Cl2N3O2S. The Morgan fingerprint density at radius 1 is 1.16 bits per heavy atom. The highest BCUT2D eigenvalue weighted by Gasteiger charge is 2.12. The molecule has 2 aromatic carbocycles. The van der Waals surface area contributed by atoms with Crippen LogP contribution < -0.4 is 10.1 Å². The molecule has 0 radical (unpaired) electrons. The summed E-state index contributed by atoms with van der Waals surface area (Å²) < 4.78 is 7.65. The van der Waals surface area contributed by atoms with Crippen molar-refractivity contribution in [3.8, 4) is 5.75 Å². The number of ether oxygens (including phenoxy) is 1. The normalized spacial score (nSPS) is 10.9. The smallest absolute Gasteiger partial charge is 0.265 e.